The summed E-state index contributed by atoms with van der Waals surface area (Å²) in [6, 6.07) is 18.3. The van der Waals surface area contributed by atoms with Gasteiger partial charge >= 0.3 is 0 Å². The smallest absolute Gasteiger partial charge is 0.251 e. The second-order valence-corrected chi connectivity index (χ2v) is 5.49. The molecule has 2 aromatic rings. The second-order valence-electron chi connectivity index (χ2n) is 5.49. The number of halogens is 1. The average molecular weight is 333 g/mol. The first-order chi connectivity index (χ1) is 10.7. The van der Waals surface area contributed by atoms with E-state index in [4.69, 9.17) is 0 Å². The lowest BCUT2D eigenvalue weighted by Crippen LogP contribution is -2.39. The summed E-state index contributed by atoms with van der Waals surface area (Å²) in [5.41, 5.74) is 3.03. The van der Waals surface area contributed by atoms with Crippen molar-refractivity contribution in [2.24, 2.45) is 0 Å². The predicted molar refractivity (Wildman–Crippen MR) is 98.4 cm³/mol. The minimum absolute atomic E-state index is 0. The summed E-state index contributed by atoms with van der Waals surface area (Å²) in [7, 11) is 0. The number of nitrogens with one attached hydrogen (secondary N) is 2. The van der Waals surface area contributed by atoms with Gasteiger partial charge in [0.1, 0.15) is 0 Å². The monoisotopic (exact) mass is 332 g/mol. The number of rotatable bonds is 7. The maximum Gasteiger partial charge on any atom is 0.251 e. The van der Waals surface area contributed by atoms with Gasteiger partial charge in [0.2, 0.25) is 0 Å². The summed E-state index contributed by atoms with van der Waals surface area (Å²) in [5, 5.41) is 6.30. The third-order valence-corrected chi connectivity index (χ3v) is 3.62. The van der Waals surface area contributed by atoms with E-state index in [1.165, 1.54) is 5.56 Å². The van der Waals surface area contributed by atoms with Crippen LogP contribution in [0.1, 0.15) is 35.3 Å². The van der Waals surface area contributed by atoms with Crippen LogP contribution in [-0.4, -0.2) is 25.0 Å². The predicted octanol–water partition coefficient (Wildman–Crippen LogP) is 3.43. The molecule has 2 N–H and O–H groups in total. The highest BCUT2D eigenvalue weighted by Gasteiger charge is 2.11. The molecule has 0 aromatic heterocycles. The van der Waals surface area contributed by atoms with Crippen LogP contribution in [0.3, 0.4) is 0 Å². The van der Waals surface area contributed by atoms with Gasteiger partial charge < -0.3 is 10.6 Å². The molecule has 0 aliphatic heterocycles. The van der Waals surface area contributed by atoms with Crippen LogP contribution in [0.4, 0.5) is 0 Å². The summed E-state index contributed by atoms with van der Waals surface area (Å²) in [6.45, 7) is 5.67. The largest absolute Gasteiger partial charge is 0.350 e. The number of hydrogen-bond acceptors (Lipinski definition) is 2. The van der Waals surface area contributed by atoms with Crippen LogP contribution >= 0.6 is 12.4 Å². The molecule has 0 fully saturated rings. The van der Waals surface area contributed by atoms with Gasteiger partial charge in [-0.25, -0.2) is 0 Å². The minimum Gasteiger partial charge on any atom is -0.350 e. The lowest BCUT2D eigenvalue weighted by Gasteiger charge is -2.15. The molecule has 2 aromatic carbocycles. The van der Waals surface area contributed by atoms with E-state index in [0.29, 0.717) is 6.54 Å². The van der Waals surface area contributed by atoms with Crippen LogP contribution in [0.25, 0.3) is 0 Å². The molecule has 1 atom stereocenters. The molecule has 0 saturated heterocycles. The number of amides is 1. The maximum atomic E-state index is 12.4. The lowest BCUT2D eigenvalue weighted by molar-refractivity contribution is 0.0949. The number of benzene rings is 2. The van der Waals surface area contributed by atoms with Crippen molar-refractivity contribution >= 4 is 18.3 Å². The highest BCUT2D eigenvalue weighted by Crippen LogP contribution is 2.14. The Labute approximate surface area is 144 Å². The SMILES string of the molecule is CCN[C@H](C)CNC(=O)c1ccccc1Cc1ccccc1.Cl. The fraction of sp³-hybridized carbons (Fsp3) is 0.316. The first-order valence-corrected chi connectivity index (χ1v) is 7.84. The van der Waals surface area contributed by atoms with E-state index in [1.807, 2.05) is 42.5 Å². The van der Waals surface area contributed by atoms with Crippen molar-refractivity contribution in [3.05, 3.63) is 71.3 Å². The number of hydrogen-bond donors (Lipinski definition) is 2. The molecule has 0 heterocycles. The van der Waals surface area contributed by atoms with Crippen LogP contribution in [0.15, 0.2) is 54.6 Å². The first kappa shape index (κ1) is 19.2. The van der Waals surface area contributed by atoms with E-state index < -0.39 is 0 Å². The third kappa shape index (κ3) is 6.05. The van der Waals surface area contributed by atoms with Crippen molar-refractivity contribution in [2.75, 3.05) is 13.1 Å². The summed E-state index contributed by atoms with van der Waals surface area (Å²) in [5.74, 6) is -0.00344. The van der Waals surface area contributed by atoms with E-state index in [1.54, 1.807) is 0 Å². The van der Waals surface area contributed by atoms with Crippen molar-refractivity contribution < 1.29 is 4.79 Å². The minimum atomic E-state index is -0.00344. The Morgan fingerprint density at radius 3 is 2.39 bits per heavy atom. The van der Waals surface area contributed by atoms with Gasteiger partial charge in [0.25, 0.3) is 5.91 Å². The average Bonchev–Trinajstić information content (AvgIpc) is 2.54. The highest BCUT2D eigenvalue weighted by molar-refractivity contribution is 5.95. The van der Waals surface area contributed by atoms with Crippen molar-refractivity contribution in [2.45, 2.75) is 26.3 Å². The second kappa shape index (κ2) is 10.0. The molecule has 23 heavy (non-hydrogen) atoms. The van der Waals surface area contributed by atoms with E-state index >= 15 is 0 Å². The molecule has 0 bridgehead atoms. The van der Waals surface area contributed by atoms with Crippen LogP contribution in [0, 0.1) is 0 Å². The molecule has 3 nitrogen and oxygen atoms in total. The quantitative estimate of drug-likeness (QED) is 0.815. The Kier molecular flexibility index (Phi) is 8.38. The first-order valence-electron chi connectivity index (χ1n) is 7.84. The summed E-state index contributed by atoms with van der Waals surface area (Å²) in [4.78, 5) is 12.4. The molecule has 2 rings (SSSR count). The fourth-order valence-electron chi connectivity index (χ4n) is 2.47. The molecule has 0 aliphatic carbocycles. The lowest BCUT2D eigenvalue weighted by atomic mass is 9.99. The molecule has 124 valence electrons. The van der Waals surface area contributed by atoms with Crippen LogP contribution in [0.5, 0.6) is 0 Å². The molecule has 1 amide bonds. The Morgan fingerprint density at radius 1 is 1.04 bits per heavy atom. The zero-order valence-electron chi connectivity index (χ0n) is 13.7. The third-order valence-electron chi connectivity index (χ3n) is 3.62. The summed E-state index contributed by atoms with van der Waals surface area (Å²) < 4.78 is 0. The van der Waals surface area contributed by atoms with Gasteiger partial charge in [0, 0.05) is 18.2 Å². The van der Waals surface area contributed by atoms with Crippen molar-refractivity contribution in [1.82, 2.24) is 10.6 Å². The Hall–Kier alpha value is -1.84. The zero-order chi connectivity index (χ0) is 15.8. The van der Waals surface area contributed by atoms with E-state index in [2.05, 4.69) is 36.6 Å². The molecule has 0 unspecified atom stereocenters. The van der Waals surface area contributed by atoms with Crippen molar-refractivity contribution in [3.63, 3.8) is 0 Å². The summed E-state index contributed by atoms with van der Waals surface area (Å²) >= 11 is 0. The van der Waals surface area contributed by atoms with Crippen LogP contribution < -0.4 is 10.6 Å². The highest BCUT2D eigenvalue weighted by atomic mass is 35.5. The zero-order valence-corrected chi connectivity index (χ0v) is 14.5. The van der Waals surface area contributed by atoms with Gasteiger partial charge in [-0.1, -0.05) is 55.5 Å². The van der Waals surface area contributed by atoms with Gasteiger partial charge in [-0.15, -0.1) is 12.4 Å². The van der Waals surface area contributed by atoms with Gasteiger partial charge in [-0.3, -0.25) is 4.79 Å². The van der Waals surface area contributed by atoms with Crippen LogP contribution in [-0.2, 0) is 6.42 Å². The number of likely N-dealkylation sites (N-methyl/N-ethyl adjacent to an activating group) is 1. The topological polar surface area (TPSA) is 41.1 Å². The Balaban J connectivity index is 0.00000264. The molecule has 0 spiro atoms. The Morgan fingerprint density at radius 2 is 1.70 bits per heavy atom. The molecular formula is C19H25ClN2O. The summed E-state index contributed by atoms with van der Waals surface area (Å²) in [6.07, 6.45) is 0.771. The van der Waals surface area contributed by atoms with E-state index in [-0.39, 0.29) is 24.4 Å². The fourth-order valence-corrected chi connectivity index (χ4v) is 2.47. The molecular weight excluding hydrogens is 308 g/mol. The van der Waals surface area contributed by atoms with Gasteiger partial charge in [0.05, 0.1) is 0 Å². The normalized spacial score (nSPS) is 11.4. The number of carbonyl (C=O) groups excluding carboxylic acids is 1. The van der Waals surface area contributed by atoms with Gasteiger partial charge in [-0.2, -0.15) is 0 Å². The standard InChI is InChI=1S/C19H24N2O.ClH/c1-3-20-15(2)14-21-19(22)18-12-8-7-11-17(18)13-16-9-5-4-6-10-16;/h4-12,15,20H,3,13-14H2,1-2H3,(H,21,22);1H/t15-;/m1./s1. The molecule has 4 heteroatoms. The van der Waals surface area contributed by atoms with Crippen LogP contribution in [0.2, 0.25) is 0 Å². The maximum absolute atomic E-state index is 12.4. The molecule has 0 aliphatic rings. The van der Waals surface area contributed by atoms with Gasteiger partial charge in [-0.05, 0) is 37.1 Å². The van der Waals surface area contributed by atoms with Crippen molar-refractivity contribution in [3.8, 4) is 0 Å². The molecule has 0 saturated carbocycles. The van der Waals surface area contributed by atoms with E-state index in [0.717, 1.165) is 24.1 Å². The van der Waals surface area contributed by atoms with Crippen molar-refractivity contribution in [1.29, 1.82) is 0 Å². The van der Waals surface area contributed by atoms with E-state index in [9.17, 15) is 4.79 Å². The Bertz CT molecular complexity index is 601. The molecule has 0 radical (unpaired) electrons. The van der Waals surface area contributed by atoms with Gasteiger partial charge in [0.15, 0.2) is 0 Å². The number of carbonyl (C=O) groups is 1.